The van der Waals surface area contributed by atoms with Gasteiger partial charge in [0.05, 0.1) is 26.9 Å². The fourth-order valence-electron chi connectivity index (χ4n) is 5.72. The number of allylic oxidation sites excluding steroid dienone is 2. The first-order valence-corrected chi connectivity index (χ1v) is 12.8. The highest BCUT2D eigenvalue weighted by molar-refractivity contribution is 7.16. The van der Waals surface area contributed by atoms with E-state index >= 15 is 0 Å². The van der Waals surface area contributed by atoms with Gasteiger partial charge in [0.2, 0.25) is 11.7 Å². The molecule has 3 aliphatic rings. The van der Waals surface area contributed by atoms with Gasteiger partial charge in [-0.1, -0.05) is 6.07 Å². The molecule has 1 aliphatic heterocycles. The van der Waals surface area contributed by atoms with Crippen LogP contribution in [0.5, 0.6) is 17.2 Å². The Kier molecular flexibility index (Phi) is 6.28. The summed E-state index contributed by atoms with van der Waals surface area (Å²) < 4.78 is 16.7. The van der Waals surface area contributed by atoms with E-state index in [0.717, 1.165) is 42.5 Å². The van der Waals surface area contributed by atoms with Gasteiger partial charge in [0, 0.05) is 40.5 Å². The zero-order chi connectivity index (χ0) is 24.7. The number of Topliss-reactive ketones (excluding diaryl/α,β-unsaturated/α-hetero) is 1. The maximum absolute atomic E-state index is 13.8. The number of amides is 1. The van der Waals surface area contributed by atoms with Crippen LogP contribution in [-0.4, -0.2) is 33.0 Å². The van der Waals surface area contributed by atoms with Crippen LogP contribution in [-0.2, 0) is 22.4 Å². The lowest BCUT2D eigenvalue weighted by atomic mass is 9.77. The van der Waals surface area contributed by atoms with Crippen LogP contribution in [0.4, 0.5) is 5.00 Å². The molecule has 1 atom stereocenters. The van der Waals surface area contributed by atoms with Gasteiger partial charge in [-0.25, -0.2) is 0 Å². The van der Waals surface area contributed by atoms with E-state index in [1.165, 1.54) is 12.0 Å². The second-order valence-corrected chi connectivity index (χ2v) is 10.1. The number of benzene rings is 1. The molecule has 0 spiro atoms. The predicted octanol–water partition coefficient (Wildman–Crippen LogP) is 5.05. The minimum Gasteiger partial charge on any atom is -0.493 e. The summed E-state index contributed by atoms with van der Waals surface area (Å²) in [5.74, 6) is 0.916. The topological polar surface area (TPSA) is 88.9 Å². The van der Waals surface area contributed by atoms with Crippen LogP contribution < -0.4 is 19.1 Å². The Morgan fingerprint density at radius 2 is 1.74 bits per heavy atom. The molecule has 1 amide bonds. The Balaban J connectivity index is 1.69. The third-order valence-electron chi connectivity index (χ3n) is 7.25. The number of fused-ring (bicyclic) bond motifs is 1. The first-order chi connectivity index (χ1) is 17.0. The van der Waals surface area contributed by atoms with Crippen LogP contribution >= 0.6 is 11.3 Å². The molecule has 0 saturated carbocycles. The van der Waals surface area contributed by atoms with Crippen molar-refractivity contribution in [3.8, 4) is 23.3 Å². The Hall–Kier alpha value is -3.31. The van der Waals surface area contributed by atoms with Gasteiger partial charge < -0.3 is 14.2 Å². The highest BCUT2D eigenvalue weighted by atomic mass is 32.1. The average molecular weight is 493 g/mol. The molecule has 2 heterocycles. The van der Waals surface area contributed by atoms with Crippen LogP contribution in [0.3, 0.4) is 0 Å². The van der Waals surface area contributed by atoms with Gasteiger partial charge >= 0.3 is 0 Å². The maximum atomic E-state index is 13.8. The number of carbonyl (C=O) groups is 2. The Morgan fingerprint density at radius 1 is 0.971 bits per heavy atom. The van der Waals surface area contributed by atoms with E-state index in [2.05, 4.69) is 6.07 Å². The van der Waals surface area contributed by atoms with E-state index in [9.17, 15) is 14.9 Å². The fraction of sp³-hybridized carbons (Fsp3) is 0.444. The van der Waals surface area contributed by atoms with Crippen molar-refractivity contribution in [2.24, 2.45) is 0 Å². The van der Waals surface area contributed by atoms with E-state index in [-0.39, 0.29) is 18.1 Å². The third kappa shape index (κ3) is 3.69. The fourth-order valence-corrected chi connectivity index (χ4v) is 7.10. The molecule has 0 bridgehead atoms. The molecule has 8 heteroatoms. The Morgan fingerprint density at radius 3 is 2.46 bits per heavy atom. The molecule has 2 aliphatic carbocycles. The van der Waals surface area contributed by atoms with Crippen molar-refractivity contribution in [1.82, 2.24) is 0 Å². The number of hydrogen-bond donors (Lipinski definition) is 0. The lowest BCUT2D eigenvalue weighted by molar-refractivity contribution is -0.119. The van der Waals surface area contributed by atoms with Crippen molar-refractivity contribution in [3.63, 3.8) is 0 Å². The van der Waals surface area contributed by atoms with Crippen molar-refractivity contribution >= 4 is 28.0 Å². The number of aryl methyl sites for hydroxylation is 1. The number of hydrogen-bond acceptors (Lipinski definition) is 7. The number of ether oxygens (including phenoxy) is 3. The van der Waals surface area contributed by atoms with Gasteiger partial charge in [0.15, 0.2) is 17.3 Å². The second-order valence-electron chi connectivity index (χ2n) is 9.05. The van der Waals surface area contributed by atoms with Crippen LogP contribution in [0.1, 0.15) is 66.0 Å². The number of anilines is 1. The summed E-state index contributed by atoms with van der Waals surface area (Å²) in [4.78, 5) is 30.0. The SMILES string of the molecule is COc1ccc(C2CC(=O)N(c3sc4c(c3C#N)CCCC4)C3=C2C(=O)CCC3)c(OC)c1OC. The standard InChI is InChI=1S/C27H28N2O5S/c1-32-21-12-11-16(25(33-2)26(21)34-3)17-13-23(31)29(19-8-6-9-20(30)24(17)19)27-18(14-28)15-7-4-5-10-22(15)35-27/h11-12,17H,4-10,13H2,1-3H3. The summed E-state index contributed by atoms with van der Waals surface area (Å²) in [6.07, 6.45) is 5.82. The van der Waals surface area contributed by atoms with E-state index in [1.54, 1.807) is 36.5 Å². The molecule has 0 saturated heterocycles. The number of nitriles is 1. The zero-order valence-electron chi connectivity index (χ0n) is 20.2. The third-order valence-corrected chi connectivity index (χ3v) is 8.53. The number of methoxy groups -OCH3 is 3. The molecule has 182 valence electrons. The number of thiophene rings is 1. The largest absolute Gasteiger partial charge is 0.493 e. The summed E-state index contributed by atoms with van der Waals surface area (Å²) >= 11 is 1.55. The monoisotopic (exact) mass is 492 g/mol. The molecule has 5 rings (SSSR count). The first-order valence-electron chi connectivity index (χ1n) is 12.0. The molecule has 1 unspecified atom stereocenters. The molecular formula is C27H28N2O5S. The van der Waals surface area contributed by atoms with E-state index in [0.29, 0.717) is 52.6 Å². The van der Waals surface area contributed by atoms with E-state index < -0.39 is 5.92 Å². The molecule has 1 aromatic carbocycles. The molecule has 0 N–H and O–H groups in total. The highest BCUT2D eigenvalue weighted by Gasteiger charge is 2.43. The quantitative estimate of drug-likeness (QED) is 0.580. The molecule has 7 nitrogen and oxygen atoms in total. The number of nitrogens with zero attached hydrogens (tertiary/aromatic N) is 2. The molecule has 2 aromatic rings. The van der Waals surface area contributed by atoms with Gasteiger partial charge in [0.25, 0.3) is 0 Å². The first kappa shape index (κ1) is 23.4. The van der Waals surface area contributed by atoms with Crippen LogP contribution in [0.25, 0.3) is 0 Å². The summed E-state index contributed by atoms with van der Waals surface area (Å²) in [7, 11) is 4.64. The van der Waals surface area contributed by atoms with Gasteiger partial charge in [-0.3, -0.25) is 14.5 Å². The van der Waals surface area contributed by atoms with Crippen LogP contribution in [0.2, 0.25) is 0 Å². The number of ketones is 1. The lowest BCUT2D eigenvalue weighted by Gasteiger charge is -2.38. The second kappa shape index (κ2) is 9.38. The van der Waals surface area contributed by atoms with Gasteiger partial charge in [-0.2, -0.15) is 5.26 Å². The predicted molar refractivity (Wildman–Crippen MR) is 133 cm³/mol. The van der Waals surface area contributed by atoms with Crippen LogP contribution in [0, 0.1) is 11.3 Å². The van der Waals surface area contributed by atoms with Crippen LogP contribution in [0.15, 0.2) is 23.4 Å². The summed E-state index contributed by atoms with van der Waals surface area (Å²) in [5, 5.41) is 10.7. The number of carbonyl (C=O) groups excluding carboxylic acids is 2. The minimum atomic E-state index is -0.448. The van der Waals surface area contributed by atoms with Crippen molar-refractivity contribution < 1.29 is 23.8 Å². The van der Waals surface area contributed by atoms with Gasteiger partial charge in [-0.15, -0.1) is 11.3 Å². The summed E-state index contributed by atoms with van der Waals surface area (Å²) in [5.41, 5.74) is 3.79. The van der Waals surface area contributed by atoms with Gasteiger partial charge in [0.1, 0.15) is 11.1 Å². The smallest absolute Gasteiger partial charge is 0.232 e. The Labute approximate surface area is 208 Å². The molecule has 1 aromatic heterocycles. The van der Waals surface area contributed by atoms with E-state index in [4.69, 9.17) is 14.2 Å². The van der Waals surface area contributed by atoms with Crippen molar-refractivity contribution in [2.75, 3.05) is 26.2 Å². The maximum Gasteiger partial charge on any atom is 0.232 e. The summed E-state index contributed by atoms with van der Waals surface area (Å²) in [6.45, 7) is 0. The zero-order valence-corrected chi connectivity index (χ0v) is 21.0. The molecule has 35 heavy (non-hydrogen) atoms. The van der Waals surface area contributed by atoms with E-state index in [1.807, 2.05) is 6.07 Å². The number of rotatable bonds is 5. The summed E-state index contributed by atoms with van der Waals surface area (Å²) in [6, 6.07) is 6.01. The van der Waals surface area contributed by atoms with Crippen molar-refractivity contribution in [3.05, 3.63) is 45.0 Å². The molecule has 0 radical (unpaired) electrons. The van der Waals surface area contributed by atoms with Crippen molar-refractivity contribution in [2.45, 2.75) is 57.3 Å². The molecular weight excluding hydrogens is 464 g/mol. The molecule has 0 fully saturated rings. The average Bonchev–Trinajstić information content (AvgIpc) is 3.25. The lowest BCUT2D eigenvalue weighted by Crippen LogP contribution is -2.40. The van der Waals surface area contributed by atoms with Gasteiger partial charge in [-0.05, 0) is 50.2 Å². The normalized spacial score (nSPS) is 19.7. The minimum absolute atomic E-state index is 0.0467. The van der Waals surface area contributed by atoms with Crippen molar-refractivity contribution in [1.29, 1.82) is 5.26 Å². The highest BCUT2D eigenvalue weighted by Crippen LogP contribution is 2.51. The Bertz CT molecular complexity index is 1290.